The molecule has 0 amide bonds. The van der Waals surface area contributed by atoms with Gasteiger partial charge in [-0.3, -0.25) is 0 Å². The number of epoxide rings is 1. The lowest BCUT2D eigenvalue weighted by Crippen LogP contribution is -2.09. The van der Waals surface area contributed by atoms with Gasteiger partial charge in [-0.05, 0) is 23.6 Å². The molecule has 1 saturated carbocycles. The van der Waals surface area contributed by atoms with Gasteiger partial charge in [0.25, 0.3) is 0 Å². The van der Waals surface area contributed by atoms with Gasteiger partial charge in [-0.15, -0.1) is 0 Å². The van der Waals surface area contributed by atoms with Crippen LogP contribution in [0, 0.1) is 0 Å². The van der Waals surface area contributed by atoms with Crippen molar-refractivity contribution in [3.05, 3.63) is 29.3 Å². The maximum atomic E-state index is 5.98. The van der Waals surface area contributed by atoms with Crippen molar-refractivity contribution in [1.29, 1.82) is 0 Å². The molecule has 2 heteroatoms. The molecule has 0 aromatic heterocycles. The van der Waals surface area contributed by atoms with Crippen LogP contribution in [-0.2, 0) is 4.74 Å². The van der Waals surface area contributed by atoms with Gasteiger partial charge in [0.2, 0.25) is 0 Å². The number of anilines is 1. The Bertz CT molecular complexity index is 401. The van der Waals surface area contributed by atoms with Crippen LogP contribution in [0.15, 0.2) is 18.2 Å². The van der Waals surface area contributed by atoms with E-state index in [1.807, 2.05) is 6.07 Å². The number of fused-ring (bicyclic) bond motifs is 8. The van der Waals surface area contributed by atoms with E-state index in [4.69, 9.17) is 10.5 Å². The Balaban J connectivity index is 2.02. The number of ether oxygens (including phenoxy) is 1. The third-order valence-corrected chi connectivity index (χ3v) is 3.81. The summed E-state index contributed by atoms with van der Waals surface area (Å²) in [6, 6.07) is 6.29. The summed E-state index contributed by atoms with van der Waals surface area (Å²) < 4.78 is 5.62. The highest BCUT2D eigenvalue weighted by atomic mass is 16.6. The SMILES string of the molecule is Nc1cccc2c1C1CC2C2OC12. The molecule has 4 rings (SSSR count). The van der Waals surface area contributed by atoms with Crippen molar-refractivity contribution in [3.8, 4) is 0 Å². The Morgan fingerprint density at radius 3 is 3.00 bits per heavy atom. The molecule has 1 saturated heterocycles. The van der Waals surface area contributed by atoms with Crippen molar-refractivity contribution in [1.82, 2.24) is 0 Å². The minimum Gasteiger partial charge on any atom is -0.398 e. The first-order chi connectivity index (χ1) is 6.36. The number of benzene rings is 1. The molecule has 0 spiro atoms. The van der Waals surface area contributed by atoms with E-state index >= 15 is 0 Å². The van der Waals surface area contributed by atoms with Gasteiger partial charge >= 0.3 is 0 Å². The predicted molar refractivity (Wildman–Crippen MR) is 49.6 cm³/mol. The highest BCUT2D eigenvalue weighted by Crippen LogP contribution is 2.63. The molecule has 1 heterocycles. The number of hydrogen-bond acceptors (Lipinski definition) is 2. The first-order valence-electron chi connectivity index (χ1n) is 4.90. The fraction of sp³-hybridized carbons (Fsp3) is 0.455. The molecule has 2 bridgehead atoms. The average molecular weight is 173 g/mol. The van der Waals surface area contributed by atoms with E-state index in [2.05, 4.69) is 12.1 Å². The Kier molecular flexibility index (Phi) is 0.868. The highest BCUT2D eigenvalue weighted by Gasteiger charge is 2.62. The van der Waals surface area contributed by atoms with Gasteiger partial charge in [-0.1, -0.05) is 12.1 Å². The van der Waals surface area contributed by atoms with Crippen LogP contribution in [0.2, 0.25) is 0 Å². The van der Waals surface area contributed by atoms with Crippen molar-refractivity contribution >= 4 is 5.69 Å². The third kappa shape index (κ3) is 0.583. The Hall–Kier alpha value is -1.02. The van der Waals surface area contributed by atoms with E-state index in [1.165, 1.54) is 17.5 Å². The fourth-order valence-corrected chi connectivity index (χ4v) is 3.26. The molecule has 66 valence electrons. The van der Waals surface area contributed by atoms with E-state index in [1.54, 1.807) is 0 Å². The molecular formula is C11H11NO. The molecule has 1 aliphatic heterocycles. The summed E-state index contributed by atoms with van der Waals surface area (Å²) in [5.41, 5.74) is 9.81. The monoisotopic (exact) mass is 173 g/mol. The largest absolute Gasteiger partial charge is 0.398 e. The van der Waals surface area contributed by atoms with E-state index < -0.39 is 0 Å². The number of rotatable bonds is 0. The van der Waals surface area contributed by atoms with Gasteiger partial charge in [-0.25, -0.2) is 0 Å². The molecule has 2 fully saturated rings. The van der Waals surface area contributed by atoms with Crippen molar-refractivity contribution in [2.75, 3.05) is 5.73 Å². The Morgan fingerprint density at radius 2 is 2.08 bits per heavy atom. The molecular weight excluding hydrogens is 162 g/mol. The summed E-state index contributed by atoms with van der Waals surface area (Å²) in [6.07, 6.45) is 2.33. The molecule has 4 unspecified atom stereocenters. The van der Waals surface area contributed by atoms with Crippen LogP contribution in [0.5, 0.6) is 0 Å². The average Bonchev–Trinajstić information content (AvgIpc) is 2.75. The summed E-state index contributed by atoms with van der Waals surface area (Å²) in [7, 11) is 0. The summed E-state index contributed by atoms with van der Waals surface area (Å²) in [5.74, 6) is 1.28. The van der Waals surface area contributed by atoms with E-state index in [0.717, 1.165) is 5.69 Å². The van der Waals surface area contributed by atoms with Gasteiger partial charge in [0.15, 0.2) is 0 Å². The van der Waals surface area contributed by atoms with Crippen molar-refractivity contribution in [3.63, 3.8) is 0 Å². The topological polar surface area (TPSA) is 38.5 Å². The summed E-state index contributed by atoms with van der Waals surface area (Å²) in [5, 5.41) is 0. The molecule has 0 radical (unpaired) electrons. The first kappa shape index (κ1) is 6.44. The van der Waals surface area contributed by atoms with Crippen LogP contribution < -0.4 is 5.73 Å². The number of nitrogen functional groups attached to an aromatic ring is 1. The molecule has 2 N–H and O–H groups in total. The number of nitrogens with two attached hydrogens (primary N) is 1. The minimum absolute atomic E-state index is 0.516. The minimum atomic E-state index is 0.516. The maximum Gasteiger partial charge on any atom is 0.0917 e. The Morgan fingerprint density at radius 1 is 1.23 bits per heavy atom. The molecule has 1 aromatic carbocycles. The molecule has 4 atom stereocenters. The van der Waals surface area contributed by atoms with Gasteiger partial charge in [0.05, 0.1) is 12.2 Å². The van der Waals surface area contributed by atoms with Crippen LogP contribution in [-0.4, -0.2) is 12.2 Å². The van der Waals surface area contributed by atoms with Crippen LogP contribution in [0.4, 0.5) is 5.69 Å². The Labute approximate surface area is 76.7 Å². The molecule has 2 nitrogen and oxygen atoms in total. The second kappa shape index (κ2) is 1.75. The van der Waals surface area contributed by atoms with E-state index in [9.17, 15) is 0 Å². The van der Waals surface area contributed by atoms with Crippen LogP contribution in [0.3, 0.4) is 0 Å². The molecule has 13 heavy (non-hydrogen) atoms. The summed E-state index contributed by atoms with van der Waals surface area (Å²) >= 11 is 0. The normalized spacial score (nSPS) is 43.1. The second-order valence-electron chi connectivity index (χ2n) is 4.36. The lowest BCUT2D eigenvalue weighted by Gasteiger charge is -2.13. The lowest BCUT2D eigenvalue weighted by atomic mass is 9.91. The summed E-state index contributed by atoms with van der Waals surface area (Å²) in [6.45, 7) is 0. The highest BCUT2D eigenvalue weighted by molar-refractivity contribution is 5.60. The zero-order valence-electron chi connectivity index (χ0n) is 7.23. The third-order valence-electron chi connectivity index (χ3n) is 3.81. The maximum absolute atomic E-state index is 5.98. The van der Waals surface area contributed by atoms with E-state index in [-0.39, 0.29) is 0 Å². The van der Waals surface area contributed by atoms with Crippen molar-refractivity contribution in [2.45, 2.75) is 30.5 Å². The molecule has 2 aliphatic carbocycles. The van der Waals surface area contributed by atoms with E-state index in [0.29, 0.717) is 24.0 Å². The van der Waals surface area contributed by atoms with Gasteiger partial charge < -0.3 is 10.5 Å². The van der Waals surface area contributed by atoms with Crippen molar-refractivity contribution in [2.24, 2.45) is 0 Å². The molecule has 3 aliphatic rings. The predicted octanol–water partition coefficient (Wildman–Crippen LogP) is 1.62. The second-order valence-corrected chi connectivity index (χ2v) is 4.36. The smallest absolute Gasteiger partial charge is 0.0917 e. The number of hydrogen-bond donors (Lipinski definition) is 1. The first-order valence-corrected chi connectivity index (χ1v) is 4.90. The van der Waals surface area contributed by atoms with Gasteiger partial charge in [0, 0.05) is 17.5 Å². The van der Waals surface area contributed by atoms with Crippen LogP contribution in [0.1, 0.15) is 29.4 Å². The van der Waals surface area contributed by atoms with Crippen LogP contribution >= 0.6 is 0 Å². The lowest BCUT2D eigenvalue weighted by molar-refractivity contribution is 0.297. The van der Waals surface area contributed by atoms with Crippen molar-refractivity contribution < 1.29 is 4.74 Å². The van der Waals surface area contributed by atoms with Crippen LogP contribution in [0.25, 0.3) is 0 Å². The standard InChI is InChI=1S/C11H11NO/c12-8-3-1-2-5-6-4-7(9(5)8)11-10(6)13-11/h1-3,6-7,10-11H,4,12H2. The fourth-order valence-electron chi connectivity index (χ4n) is 3.26. The van der Waals surface area contributed by atoms with Gasteiger partial charge in [0.1, 0.15) is 0 Å². The zero-order valence-corrected chi connectivity index (χ0v) is 7.23. The summed E-state index contributed by atoms with van der Waals surface area (Å²) in [4.78, 5) is 0. The quantitative estimate of drug-likeness (QED) is 0.478. The zero-order chi connectivity index (χ0) is 8.58. The molecule has 1 aromatic rings. The van der Waals surface area contributed by atoms with Gasteiger partial charge in [-0.2, -0.15) is 0 Å².